The fourth-order valence-corrected chi connectivity index (χ4v) is 1.90. The highest BCUT2D eigenvalue weighted by atomic mass is 16.5. The third-order valence-electron chi connectivity index (χ3n) is 3.04. The average Bonchev–Trinajstić information content (AvgIpc) is 2.49. The molecule has 1 rings (SSSR count). The second-order valence-electron chi connectivity index (χ2n) is 5.18. The molecule has 120 valence electrons. The summed E-state index contributed by atoms with van der Waals surface area (Å²) in [5, 5.41) is 12.9. The lowest BCUT2D eigenvalue weighted by Crippen LogP contribution is -2.32. The fourth-order valence-electron chi connectivity index (χ4n) is 1.90. The predicted octanol–water partition coefficient (Wildman–Crippen LogP) is 1.62. The summed E-state index contributed by atoms with van der Waals surface area (Å²) in [5.41, 5.74) is 1.16. The van der Waals surface area contributed by atoms with Gasteiger partial charge in [0.1, 0.15) is 0 Å². The quantitative estimate of drug-likeness (QED) is 0.643. The third kappa shape index (κ3) is 6.80. The molecule has 1 atom stereocenters. The summed E-state index contributed by atoms with van der Waals surface area (Å²) >= 11 is 0. The zero-order valence-corrected chi connectivity index (χ0v) is 13.4. The maximum absolute atomic E-state index is 9.72. The van der Waals surface area contributed by atoms with Crippen LogP contribution in [0.4, 0.5) is 0 Å². The molecule has 1 aromatic carbocycles. The van der Waals surface area contributed by atoms with Gasteiger partial charge in [-0.2, -0.15) is 0 Å². The van der Waals surface area contributed by atoms with Crippen LogP contribution >= 0.6 is 0 Å². The molecule has 0 saturated heterocycles. The Morgan fingerprint density at radius 2 is 1.86 bits per heavy atom. The van der Waals surface area contributed by atoms with Crippen LogP contribution in [0.3, 0.4) is 0 Å². The van der Waals surface area contributed by atoms with Gasteiger partial charge in [-0.25, -0.2) is 0 Å². The molecule has 0 fully saturated rings. The Morgan fingerprint density at radius 1 is 1.14 bits per heavy atom. The molecular weight excluding hydrogens is 270 g/mol. The van der Waals surface area contributed by atoms with Gasteiger partial charge < -0.3 is 24.6 Å². The van der Waals surface area contributed by atoms with Gasteiger partial charge >= 0.3 is 0 Å². The molecule has 0 spiro atoms. The first kappa shape index (κ1) is 17.8. The first-order valence-electron chi connectivity index (χ1n) is 7.28. The Kier molecular flexibility index (Phi) is 8.12. The Bertz CT molecular complexity index is 409. The van der Waals surface area contributed by atoms with Gasteiger partial charge in [-0.15, -0.1) is 0 Å². The van der Waals surface area contributed by atoms with Crippen molar-refractivity contribution in [3.8, 4) is 11.5 Å². The standard InChI is InChI=1S/C16H27NO4/c1-12(2)21-11-14(18)10-17-8-7-13-5-6-15(19-3)16(9-13)20-4/h5-6,9,12,14,17-18H,7-8,10-11H2,1-4H3. The fraction of sp³-hybridized carbons (Fsp3) is 0.625. The van der Waals surface area contributed by atoms with E-state index in [1.165, 1.54) is 0 Å². The van der Waals surface area contributed by atoms with E-state index in [2.05, 4.69) is 5.32 Å². The summed E-state index contributed by atoms with van der Waals surface area (Å²) in [6, 6.07) is 5.89. The molecule has 2 N–H and O–H groups in total. The number of hydrogen-bond acceptors (Lipinski definition) is 5. The molecule has 5 nitrogen and oxygen atoms in total. The van der Waals surface area contributed by atoms with Crippen LogP contribution < -0.4 is 14.8 Å². The highest BCUT2D eigenvalue weighted by Crippen LogP contribution is 2.27. The average molecular weight is 297 g/mol. The van der Waals surface area contributed by atoms with Crippen LogP contribution in [0.25, 0.3) is 0 Å². The molecule has 0 radical (unpaired) electrons. The summed E-state index contributed by atoms with van der Waals surface area (Å²) in [5.74, 6) is 1.47. The minimum atomic E-state index is -0.474. The number of hydrogen-bond donors (Lipinski definition) is 2. The molecule has 0 saturated carbocycles. The minimum absolute atomic E-state index is 0.145. The van der Waals surface area contributed by atoms with E-state index in [9.17, 15) is 5.11 Å². The van der Waals surface area contributed by atoms with Gasteiger partial charge in [-0.05, 0) is 44.5 Å². The third-order valence-corrected chi connectivity index (χ3v) is 3.04. The van der Waals surface area contributed by atoms with Crippen molar-refractivity contribution in [1.82, 2.24) is 5.32 Å². The first-order valence-corrected chi connectivity index (χ1v) is 7.28. The molecule has 0 aromatic heterocycles. The van der Waals surface area contributed by atoms with Crippen molar-refractivity contribution in [3.05, 3.63) is 23.8 Å². The Morgan fingerprint density at radius 3 is 2.48 bits per heavy atom. The van der Waals surface area contributed by atoms with E-state index >= 15 is 0 Å². The van der Waals surface area contributed by atoms with E-state index in [0.717, 1.165) is 30.0 Å². The maximum Gasteiger partial charge on any atom is 0.160 e. The van der Waals surface area contributed by atoms with Crippen LogP contribution in [0, 0.1) is 0 Å². The molecule has 0 aliphatic carbocycles. The molecule has 0 aliphatic rings. The van der Waals surface area contributed by atoms with E-state index in [0.29, 0.717) is 13.2 Å². The number of methoxy groups -OCH3 is 2. The molecule has 0 bridgehead atoms. The smallest absolute Gasteiger partial charge is 0.160 e. The van der Waals surface area contributed by atoms with Crippen LogP contribution in [0.2, 0.25) is 0 Å². The number of nitrogens with one attached hydrogen (secondary N) is 1. The highest BCUT2D eigenvalue weighted by molar-refractivity contribution is 5.42. The Labute approximate surface area is 127 Å². The van der Waals surface area contributed by atoms with Crippen molar-refractivity contribution in [2.45, 2.75) is 32.5 Å². The molecule has 0 heterocycles. The first-order chi connectivity index (χ1) is 10.1. The second kappa shape index (κ2) is 9.60. The van der Waals surface area contributed by atoms with Crippen LogP contribution in [-0.4, -0.2) is 51.2 Å². The van der Waals surface area contributed by atoms with Crippen LogP contribution in [0.5, 0.6) is 11.5 Å². The van der Waals surface area contributed by atoms with Gasteiger partial charge in [0.2, 0.25) is 0 Å². The van der Waals surface area contributed by atoms with Gasteiger partial charge in [0.25, 0.3) is 0 Å². The summed E-state index contributed by atoms with van der Waals surface area (Å²) in [7, 11) is 3.25. The van der Waals surface area contributed by atoms with Crippen LogP contribution in [0.1, 0.15) is 19.4 Å². The second-order valence-corrected chi connectivity index (χ2v) is 5.18. The molecule has 1 aromatic rings. The van der Waals surface area contributed by atoms with E-state index in [-0.39, 0.29) is 6.10 Å². The molecule has 21 heavy (non-hydrogen) atoms. The van der Waals surface area contributed by atoms with Crippen molar-refractivity contribution in [3.63, 3.8) is 0 Å². The zero-order valence-electron chi connectivity index (χ0n) is 13.4. The Balaban J connectivity index is 2.29. The molecule has 1 unspecified atom stereocenters. The molecule has 0 aliphatic heterocycles. The number of rotatable bonds is 10. The van der Waals surface area contributed by atoms with Crippen molar-refractivity contribution >= 4 is 0 Å². The topological polar surface area (TPSA) is 60.0 Å². The van der Waals surface area contributed by atoms with E-state index in [1.807, 2.05) is 32.0 Å². The lowest BCUT2D eigenvalue weighted by atomic mass is 10.1. The minimum Gasteiger partial charge on any atom is -0.493 e. The predicted molar refractivity (Wildman–Crippen MR) is 83.2 cm³/mol. The monoisotopic (exact) mass is 297 g/mol. The molecule has 0 amide bonds. The summed E-state index contributed by atoms with van der Waals surface area (Å²) in [6.45, 7) is 5.59. The van der Waals surface area contributed by atoms with Crippen molar-refractivity contribution in [1.29, 1.82) is 0 Å². The number of aliphatic hydroxyl groups excluding tert-OH is 1. The summed E-state index contributed by atoms with van der Waals surface area (Å²) in [4.78, 5) is 0. The van der Waals surface area contributed by atoms with Crippen molar-refractivity contribution in [2.75, 3.05) is 33.9 Å². The number of benzene rings is 1. The molecular formula is C16H27NO4. The van der Waals surface area contributed by atoms with Gasteiger partial charge in [0, 0.05) is 6.54 Å². The number of ether oxygens (including phenoxy) is 3. The highest BCUT2D eigenvalue weighted by Gasteiger charge is 2.06. The van der Waals surface area contributed by atoms with Gasteiger partial charge in [-0.1, -0.05) is 6.07 Å². The van der Waals surface area contributed by atoms with Gasteiger partial charge in [0.15, 0.2) is 11.5 Å². The lowest BCUT2D eigenvalue weighted by Gasteiger charge is -2.14. The summed E-state index contributed by atoms with van der Waals surface area (Å²) in [6.07, 6.45) is 0.530. The Hall–Kier alpha value is -1.30. The van der Waals surface area contributed by atoms with Gasteiger partial charge in [0.05, 0.1) is 33.0 Å². The van der Waals surface area contributed by atoms with Crippen LogP contribution in [-0.2, 0) is 11.2 Å². The lowest BCUT2D eigenvalue weighted by molar-refractivity contribution is 0.00652. The largest absolute Gasteiger partial charge is 0.493 e. The van der Waals surface area contributed by atoms with Crippen molar-refractivity contribution in [2.24, 2.45) is 0 Å². The van der Waals surface area contributed by atoms with Crippen LogP contribution in [0.15, 0.2) is 18.2 Å². The SMILES string of the molecule is COc1ccc(CCNCC(O)COC(C)C)cc1OC. The van der Waals surface area contributed by atoms with Crippen molar-refractivity contribution < 1.29 is 19.3 Å². The summed E-state index contributed by atoms with van der Waals surface area (Å²) < 4.78 is 15.8. The van der Waals surface area contributed by atoms with E-state index < -0.39 is 6.10 Å². The molecule has 5 heteroatoms. The normalized spacial score (nSPS) is 12.5. The van der Waals surface area contributed by atoms with Gasteiger partial charge in [-0.3, -0.25) is 0 Å². The van der Waals surface area contributed by atoms with E-state index in [1.54, 1.807) is 14.2 Å². The number of aliphatic hydroxyl groups is 1. The van der Waals surface area contributed by atoms with E-state index in [4.69, 9.17) is 14.2 Å². The maximum atomic E-state index is 9.72. The zero-order chi connectivity index (χ0) is 15.7.